The van der Waals surface area contributed by atoms with Gasteiger partial charge in [0.2, 0.25) is 0 Å². The van der Waals surface area contributed by atoms with Gasteiger partial charge in [-0.2, -0.15) is 5.26 Å². The maximum absolute atomic E-state index is 9.90. The highest BCUT2D eigenvalue weighted by molar-refractivity contribution is 7.99. The van der Waals surface area contributed by atoms with E-state index in [1.165, 1.54) is 11.8 Å². The Kier molecular flexibility index (Phi) is 3.70. The molecule has 21 heavy (non-hydrogen) atoms. The molecule has 0 aliphatic rings. The van der Waals surface area contributed by atoms with Crippen molar-refractivity contribution in [2.45, 2.75) is 9.92 Å². The third kappa shape index (κ3) is 2.54. The Bertz CT molecular complexity index is 874. The van der Waals surface area contributed by atoms with Gasteiger partial charge >= 0.3 is 0 Å². The van der Waals surface area contributed by atoms with Crippen LogP contribution in [0.2, 0.25) is 5.02 Å². The average molecular weight is 313 g/mol. The van der Waals surface area contributed by atoms with E-state index in [9.17, 15) is 5.11 Å². The molecule has 0 fully saturated rings. The molecule has 0 saturated heterocycles. The summed E-state index contributed by atoms with van der Waals surface area (Å²) in [6.07, 6.45) is 1.56. The van der Waals surface area contributed by atoms with Gasteiger partial charge < -0.3 is 5.11 Å². The Labute approximate surface area is 130 Å². The first-order valence-corrected chi connectivity index (χ1v) is 7.33. The maximum Gasteiger partial charge on any atom is 0.123 e. The fourth-order valence-corrected chi connectivity index (χ4v) is 3.25. The quantitative estimate of drug-likeness (QED) is 0.750. The predicted molar refractivity (Wildman–Crippen MR) is 83.7 cm³/mol. The minimum atomic E-state index is 0.236. The van der Waals surface area contributed by atoms with Crippen molar-refractivity contribution in [3.05, 3.63) is 59.2 Å². The number of aromatic nitrogens is 1. The summed E-state index contributed by atoms with van der Waals surface area (Å²) in [4.78, 5) is 5.15. The number of phenols is 1. The van der Waals surface area contributed by atoms with E-state index in [2.05, 4.69) is 4.98 Å². The van der Waals surface area contributed by atoms with Gasteiger partial charge in [0.1, 0.15) is 16.8 Å². The second-order valence-corrected chi connectivity index (χ2v) is 5.73. The topological polar surface area (TPSA) is 56.9 Å². The van der Waals surface area contributed by atoms with E-state index in [1.807, 2.05) is 36.4 Å². The number of nitrogens with zero attached hydrogens (tertiary/aromatic N) is 2. The summed E-state index contributed by atoms with van der Waals surface area (Å²) in [6, 6.07) is 14.7. The first kappa shape index (κ1) is 13.7. The molecule has 0 atom stereocenters. The summed E-state index contributed by atoms with van der Waals surface area (Å²) >= 11 is 7.56. The number of pyridine rings is 1. The van der Waals surface area contributed by atoms with E-state index < -0.39 is 0 Å². The van der Waals surface area contributed by atoms with Gasteiger partial charge in [0.25, 0.3) is 0 Å². The van der Waals surface area contributed by atoms with Gasteiger partial charge in [-0.3, -0.25) is 0 Å². The van der Waals surface area contributed by atoms with E-state index in [0.717, 1.165) is 15.7 Å². The summed E-state index contributed by atoms with van der Waals surface area (Å²) in [5.41, 5.74) is 0.400. The largest absolute Gasteiger partial charge is 0.507 e. The second kappa shape index (κ2) is 5.65. The molecule has 3 nitrogen and oxygen atoms in total. The van der Waals surface area contributed by atoms with E-state index in [0.29, 0.717) is 15.6 Å². The molecule has 0 saturated carbocycles. The van der Waals surface area contributed by atoms with E-state index in [1.54, 1.807) is 18.3 Å². The van der Waals surface area contributed by atoms with Crippen LogP contribution in [0.15, 0.2) is 58.6 Å². The SMILES string of the molecule is N#Cc1ccnc(Sc2ccc(O)c3ccccc23)c1Cl. The standard InChI is InChI=1S/C16H9ClN2OS/c17-15-10(9-18)7-8-19-16(15)21-14-6-5-13(20)11-3-1-2-4-12(11)14/h1-8,20H. The van der Waals surface area contributed by atoms with E-state index in [-0.39, 0.29) is 5.75 Å². The Hall–Kier alpha value is -2.22. The van der Waals surface area contributed by atoms with Crippen LogP contribution >= 0.6 is 23.4 Å². The monoisotopic (exact) mass is 312 g/mol. The number of hydrogen-bond donors (Lipinski definition) is 1. The summed E-state index contributed by atoms with van der Waals surface area (Å²) in [5.74, 6) is 0.236. The van der Waals surface area contributed by atoms with Crippen molar-refractivity contribution in [2.24, 2.45) is 0 Å². The molecule has 0 spiro atoms. The number of aromatic hydroxyl groups is 1. The molecule has 0 amide bonds. The third-order valence-corrected chi connectivity index (χ3v) is 4.62. The van der Waals surface area contributed by atoms with Crippen molar-refractivity contribution in [2.75, 3.05) is 0 Å². The third-order valence-electron chi connectivity index (χ3n) is 3.05. The summed E-state index contributed by atoms with van der Waals surface area (Å²) in [5, 5.41) is 21.5. The molecule has 102 valence electrons. The maximum atomic E-state index is 9.90. The number of halogens is 1. The highest BCUT2D eigenvalue weighted by atomic mass is 35.5. The first-order chi connectivity index (χ1) is 10.2. The smallest absolute Gasteiger partial charge is 0.123 e. The molecule has 3 rings (SSSR count). The van der Waals surface area contributed by atoms with Crippen molar-refractivity contribution < 1.29 is 5.11 Å². The molecule has 3 aromatic rings. The van der Waals surface area contributed by atoms with Crippen molar-refractivity contribution in [1.82, 2.24) is 4.98 Å². The van der Waals surface area contributed by atoms with Gasteiger partial charge in [-0.25, -0.2) is 4.98 Å². The molecule has 1 aromatic heterocycles. The van der Waals surface area contributed by atoms with Crippen LogP contribution in [-0.4, -0.2) is 10.1 Å². The molecule has 1 N–H and O–H groups in total. The average Bonchev–Trinajstić information content (AvgIpc) is 2.52. The molecule has 0 bridgehead atoms. The van der Waals surface area contributed by atoms with Crippen LogP contribution in [0, 0.1) is 11.3 Å². The number of benzene rings is 2. The van der Waals surface area contributed by atoms with Crippen molar-refractivity contribution in [1.29, 1.82) is 5.26 Å². The van der Waals surface area contributed by atoms with Crippen LogP contribution in [0.3, 0.4) is 0 Å². The van der Waals surface area contributed by atoms with Crippen molar-refractivity contribution in [3.8, 4) is 11.8 Å². The fraction of sp³-hybridized carbons (Fsp3) is 0. The predicted octanol–water partition coefficient (Wildman–Crippen LogP) is 4.62. The Morgan fingerprint density at radius 3 is 2.62 bits per heavy atom. The van der Waals surface area contributed by atoms with Gasteiger partial charge in [-0.05, 0) is 23.6 Å². The number of fused-ring (bicyclic) bond motifs is 1. The number of phenolic OH excluding ortho intramolecular Hbond substituents is 1. The van der Waals surface area contributed by atoms with Gasteiger partial charge in [-0.15, -0.1) is 0 Å². The Morgan fingerprint density at radius 1 is 1.10 bits per heavy atom. The van der Waals surface area contributed by atoms with Gasteiger partial charge in [0.05, 0.1) is 10.6 Å². The zero-order chi connectivity index (χ0) is 14.8. The number of rotatable bonds is 2. The molecule has 5 heteroatoms. The van der Waals surface area contributed by atoms with Crippen molar-refractivity contribution in [3.63, 3.8) is 0 Å². The molecular weight excluding hydrogens is 304 g/mol. The number of hydrogen-bond acceptors (Lipinski definition) is 4. The summed E-state index contributed by atoms with van der Waals surface area (Å²) in [6.45, 7) is 0. The van der Waals surface area contributed by atoms with E-state index in [4.69, 9.17) is 16.9 Å². The highest BCUT2D eigenvalue weighted by Gasteiger charge is 2.12. The van der Waals surface area contributed by atoms with Crippen LogP contribution < -0.4 is 0 Å². The second-order valence-electron chi connectivity index (χ2n) is 4.32. The zero-order valence-corrected chi connectivity index (χ0v) is 12.3. The minimum absolute atomic E-state index is 0.236. The van der Waals surface area contributed by atoms with Crippen LogP contribution in [0.25, 0.3) is 10.8 Å². The summed E-state index contributed by atoms with van der Waals surface area (Å²) in [7, 11) is 0. The van der Waals surface area contributed by atoms with Crippen molar-refractivity contribution >= 4 is 34.1 Å². The first-order valence-electron chi connectivity index (χ1n) is 6.14. The minimum Gasteiger partial charge on any atom is -0.507 e. The van der Waals surface area contributed by atoms with Gasteiger partial charge in [-0.1, -0.05) is 47.6 Å². The molecule has 2 aromatic carbocycles. The lowest BCUT2D eigenvalue weighted by Crippen LogP contribution is -1.86. The molecule has 0 aliphatic carbocycles. The van der Waals surface area contributed by atoms with Crippen LogP contribution in [0.1, 0.15) is 5.56 Å². The van der Waals surface area contributed by atoms with Gasteiger partial charge in [0, 0.05) is 16.5 Å². The van der Waals surface area contributed by atoms with Crippen LogP contribution in [0.5, 0.6) is 5.75 Å². The lowest BCUT2D eigenvalue weighted by Gasteiger charge is -2.08. The molecule has 0 aliphatic heterocycles. The summed E-state index contributed by atoms with van der Waals surface area (Å²) < 4.78 is 0. The molecular formula is C16H9ClN2OS. The van der Waals surface area contributed by atoms with E-state index >= 15 is 0 Å². The van der Waals surface area contributed by atoms with Gasteiger partial charge in [0.15, 0.2) is 0 Å². The normalized spacial score (nSPS) is 10.5. The lowest BCUT2D eigenvalue weighted by molar-refractivity contribution is 0.481. The zero-order valence-electron chi connectivity index (χ0n) is 10.7. The Balaban J connectivity index is 2.12. The number of nitriles is 1. The van der Waals surface area contributed by atoms with Crippen LogP contribution in [-0.2, 0) is 0 Å². The molecule has 0 radical (unpaired) electrons. The lowest BCUT2D eigenvalue weighted by atomic mass is 10.1. The van der Waals surface area contributed by atoms with Crippen LogP contribution in [0.4, 0.5) is 0 Å². The Morgan fingerprint density at radius 2 is 1.86 bits per heavy atom. The molecule has 1 heterocycles. The molecule has 0 unspecified atom stereocenters. The highest BCUT2D eigenvalue weighted by Crippen LogP contribution is 2.39. The fourth-order valence-electron chi connectivity index (χ4n) is 2.03.